The van der Waals surface area contributed by atoms with Gasteiger partial charge in [0.15, 0.2) is 0 Å². The molecule has 3 N–H and O–H groups in total. The van der Waals surface area contributed by atoms with Crippen LogP contribution in [0, 0.1) is 19.8 Å². The van der Waals surface area contributed by atoms with Crippen LogP contribution in [0.15, 0.2) is 24.4 Å². The van der Waals surface area contributed by atoms with E-state index in [0.717, 1.165) is 29.9 Å². The van der Waals surface area contributed by atoms with Crippen LogP contribution in [0.2, 0.25) is 0 Å². The Morgan fingerprint density at radius 1 is 1.42 bits per heavy atom. The number of aromatic amines is 1. The minimum atomic E-state index is -0.739. The fourth-order valence-corrected chi connectivity index (χ4v) is 3.20. The van der Waals surface area contributed by atoms with Gasteiger partial charge in [-0.2, -0.15) is 5.10 Å². The number of carboxylic acids is 1. The number of aromatic nitrogens is 2. The molecule has 1 unspecified atom stereocenters. The maximum atomic E-state index is 11.3. The Kier molecular flexibility index (Phi) is 4.97. The highest BCUT2D eigenvalue weighted by Crippen LogP contribution is 2.27. The van der Waals surface area contributed by atoms with E-state index in [1.165, 1.54) is 11.1 Å². The lowest BCUT2D eigenvalue weighted by molar-refractivity contribution is -0.142. The van der Waals surface area contributed by atoms with E-state index in [0.29, 0.717) is 19.6 Å². The molecule has 0 spiro atoms. The van der Waals surface area contributed by atoms with Crippen LogP contribution in [0.1, 0.15) is 16.7 Å². The molecule has 0 saturated carbocycles. The Labute approximate surface area is 141 Å². The van der Waals surface area contributed by atoms with E-state index < -0.39 is 5.97 Å². The first-order valence-electron chi connectivity index (χ1n) is 8.30. The van der Waals surface area contributed by atoms with Gasteiger partial charge in [-0.3, -0.25) is 14.8 Å². The lowest BCUT2D eigenvalue weighted by Gasteiger charge is -2.22. The van der Waals surface area contributed by atoms with E-state index in [2.05, 4.69) is 52.5 Å². The summed E-state index contributed by atoms with van der Waals surface area (Å²) < 4.78 is 0. The highest BCUT2D eigenvalue weighted by molar-refractivity contribution is 5.70. The SMILES string of the molecule is Cc1ccc(C)c(-c2[nH]ncc2CN2CCNCC(C(=O)O)C2)c1. The summed E-state index contributed by atoms with van der Waals surface area (Å²) in [6, 6.07) is 6.38. The van der Waals surface area contributed by atoms with Crippen molar-refractivity contribution in [2.45, 2.75) is 20.4 Å². The second kappa shape index (κ2) is 7.15. The molecular formula is C18H24N4O2. The molecule has 24 heavy (non-hydrogen) atoms. The van der Waals surface area contributed by atoms with E-state index in [1.54, 1.807) is 0 Å². The van der Waals surface area contributed by atoms with Gasteiger partial charge in [0.05, 0.1) is 17.8 Å². The maximum absolute atomic E-state index is 11.3. The average Bonchev–Trinajstić information content (AvgIpc) is 2.86. The lowest BCUT2D eigenvalue weighted by atomic mass is 10.00. The zero-order valence-corrected chi connectivity index (χ0v) is 14.2. The number of H-pyrrole nitrogens is 1. The van der Waals surface area contributed by atoms with Crippen LogP contribution in [0.5, 0.6) is 0 Å². The number of aryl methyl sites for hydroxylation is 2. The Morgan fingerprint density at radius 2 is 2.25 bits per heavy atom. The molecule has 1 aromatic heterocycles. The smallest absolute Gasteiger partial charge is 0.309 e. The maximum Gasteiger partial charge on any atom is 0.309 e. The molecule has 0 aliphatic carbocycles. The van der Waals surface area contributed by atoms with Crippen LogP contribution in [0.4, 0.5) is 0 Å². The average molecular weight is 328 g/mol. The first-order chi connectivity index (χ1) is 11.5. The van der Waals surface area contributed by atoms with Gasteiger partial charge >= 0.3 is 5.97 Å². The van der Waals surface area contributed by atoms with E-state index >= 15 is 0 Å². The summed E-state index contributed by atoms with van der Waals surface area (Å²) in [5.41, 5.74) is 5.70. The fourth-order valence-electron chi connectivity index (χ4n) is 3.20. The standard InChI is InChI=1S/C18H24N4O2/c1-12-3-4-13(2)16(7-12)17-14(9-20-21-17)10-22-6-5-19-8-15(11-22)18(23)24/h3-4,7,9,15,19H,5-6,8,10-11H2,1-2H3,(H,20,21)(H,23,24). The van der Waals surface area contributed by atoms with Crippen LogP contribution in [0.25, 0.3) is 11.3 Å². The summed E-state index contributed by atoms with van der Waals surface area (Å²) in [6.45, 7) is 7.60. The number of benzene rings is 1. The molecule has 1 saturated heterocycles. The summed E-state index contributed by atoms with van der Waals surface area (Å²) in [4.78, 5) is 13.5. The number of aliphatic carboxylic acids is 1. The summed E-state index contributed by atoms with van der Waals surface area (Å²) in [7, 11) is 0. The molecule has 6 nitrogen and oxygen atoms in total. The molecule has 1 atom stereocenters. The number of hydrogen-bond acceptors (Lipinski definition) is 4. The zero-order chi connectivity index (χ0) is 17.1. The Hall–Kier alpha value is -2.18. The van der Waals surface area contributed by atoms with Gasteiger partial charge in [0, 0.05) is 43.9 Å². The zero-order valence-electron chi connectivity index (χ0n) is 14.2. The number of rotatable bonds is 4. The first kappa shape index (κ1) is 16.7. The Balaban J connectivity index is 1.82. The normalized spacial score (nSPS) is 19.2. The van der Waals surface area contributed by atoms with Gasteiger partial charge in [-0.25, -0.2) is 0 Å². The van der Waals surface area contributed by atoms with Gasteiger partial charge < -0.3 is 10.4 Å². The van der Waals surface area contributed by atoms with Crippen molar-refractivity contribution in [1.82, 2.24) is 20.4 Å². The molecule has 0 amide bonds. The quantitative estimate of drug-likeness (QED) is 0.797. The molecule has 1 aliphatic rings. The van der Waals surface area contributed by atoms with Crippen molar-refractivity contribution in [3.05, 3.63) is 41.1 Å². The molecule has 2 aromatic rings. The van der Waals surface area contributed by atoms with Crippen LogP contribution in [-0.4, -0.2) is 52.4 Å². The van der Waals surface area contributed by atoms with Crippen molar-refractivity contribution in [2.75, 3.05) is 26.2 Å². The van der Waals surface area contributed by atoms with Crippen molar-refractivity contribution < 1.29 is 9.90 Å². The second-order valence-corrected chi connectivity index (χ2v) is 6.56. The first-order valence-corrected chi connectivity index (χ1v) is 8.30. The van der Waals surface area contributed by atoms with E-state index in [4.69, 9.17) is 0 Å². The molecule has 6 heteroatoms. The predicted octanol–water partition coefficient (Wildman–Crippen LogP) is 1.80. The van der Waals surface area contributed by atoms with Gasteiger partial charge in [0.25, 0.3) is 0 Å². The van der Waals surface area contributed by atoms with Crippen LogP contribution in [-0.2, 0) is 11.3 Å². The van der Waals surface area contributed by atoms with Crippen LogP contribution >= 0.6 is 0 Å². The Morgan fingerprint density at radius 3 is 3.04 bits per heavy atom. The van der Waals surface area contributed by atoms with E-state index in [1.807, 2.05) is 6.20 Å². The van der Waals surface area contributed by atoms with Crippen molar-refractivity contribution >= 4 is 5.97 Å². The molecule has 2 heterocycles. The number of carbonyl (C=O) groups is 1. The lowest BCUT2D eigenvalue weighted by Crippen LogP contribution is -2.33. The minimum absolute atomic E-state index is 0.372. The van der Waals surface area contributed by atoms with E-state index in [-0.39, 0.29) is 5.92 Å². The Bertz CT molecular complexity index is 726. The molecule has 3 rings (SSSR count). The van der Waals surface area contributed by atoms with Gasteiger partial charge in [-0.05, 0) is 25.5 Å². The number of nitrogens with one attached hydrogen (secondary N) is 2. The monoisotopic (exact) mass is 328 g/mol. The molecule has 1 aromatic carbocycles. The van der Waals surface area contributed by atoms with Gasteiger partial charge in [0.1, 0.15) is 0 Å². The minimum Gasteiger partial charge on any atom is -0.481 e. The second-order valence-electron chi connectivity index (χ2n) is 6.56. The highest BCUT2D eigenvalue weighted by Gasteiger charge is 2.24. The number of nitrogens with zero attached hydrogens (tertiary/aromatic N) is 2. The van der Waals surface area contributed by atoms with E-state index in [9.17, 15) is 9.90 Å². The summed E-state index contributed by atoms with van der Waals surface area (Å²) in [5.74, 6) is -1.11. The van der Waals surface area contributed by atoms with Gasteiger partial charge in [0.2, 0.25) is 0 Å². The molecule has 0 bridgehead atoms. The molecule has 0 radical (unpaired) electrons. The number of hydrogen-bond donors (Lipinski definition) is 3. The largest absolute Gasteiger partial charge is 0.481 e. The molecule has 1 aliphatic heterocycles. The van der Waals surface area contributed by atoms with Crippen molar-refractivity contribution in [3.8, 4) is 11.3 Å². The van der Waals surface area contributed by atoms with Crippen molar-refractivity contribution in [1.29, 1.82) is 0 Å². The van der Waals surface area contributed by atoms with Gasteiger partial charge in [-0.15, -0.1) is 0 Å². The highest BCUT2D eigenvalue weighted by atomic mass is 16.4. The molecule has 128 valence electrons. The van der Waals surface area contributed by atoms with Gasteiger partial charge in [-0.1, -0.05) is 17.7 Å². The summed E-state index contributed by atoms with van der Waals surface area (Å²) in [5, 5.41) is 19.9. The summed E-state index contributed by atoms with van der Waals surface area (Å²) in [6.07, 6.45) is 1.85. The summed E-state index contributed by atoms with van der Waals surface area (Å²) >= 11 is 0. The van der Waals surface area contributed by atoms with Crippen LogP contribution in [0.3, 0.4) is 0 Å². The van der Waals surface area contributed by atoms with Crippen molar-refractivity contribution in [2.24, 2.45) is 5.92 Å². The van der Waals surface area contributed by atoms with Crippen molar-refractivity contribution in [3.63, 3.8) is 0 Å². The van der Waals surface area contributed by atoms with Crippen LogP contribution < -0.4 is 5.32 Å². The fraction of sp³-hybridized carbons (Fsp3) is 0.444. The molecule has 1 fully saturated rings. The molecular weight excluding hydrogens is 304 g/mol. The third kappa shape index (κ3) is 3.66. The predicted molar refractivity (Wildman–Crippen MR) is 92.8 cm³/mol. The third-order valence-electron chi connectivity index (χ3n) is 4.60. The topological polar surface area (TPSA) is 81.2 Å². The number of carboxylic acid groups (broad SMARTS) is 1. The third-order valence-corrected chi connectivity index (χ3v) is 4.60.